The number of rotatable bonds is 12. The van der Waals surface area contributed by atoms with E-state index in [4.69, 9.17) is 0 Å². The molecule has 0 radical (unpaired) electrons. The van der Waals surface area contributed by atoms with Gasteiger partial charge in [-0.1, -0.05) is 0 Å². The van der Waals surface area contributed by atoms with E-state index in [0.717, 1.165) is 0 Å². The molecule has 3 aromatic carbocycles. The molecule has 0 aromatic heterocycles. The van der Waals surface area contributed by atoms with Gasteiger partial charge in [0, 0.05) is 17.1 Å². The average Bonchev–Trinajstić information content (AvgIpc) is 3.09. The zero-order valence-corrected chi connectivity index (χ0v) is 30.9. The van der Waals surface area contributed by atoms with E-state index in [1.54, 1.807) is 16.0 Å². The minimum atomic E-state index is -5.26. The Bertz CT molecular complexity index is 1750. The van der Waals surface area contributed by atoms with Crippen LogP contribution in [0.2, 0.25) is 0 Å². The normalized spacial score (nSPS) is 13.0. The molecule has 0 saturated heterocycles. The predicted octanol–water partition coefficient (Wildman–Crippen LogP) is 10.0. The number of nitrogens with zero attached hydrogens (tertiary/aromatic N) is 1. The summed E-state index contributed by atoms with van der Waals surface area (Å²) in [5, 5.41) is 11.8. The second kappa shape index (κ2) is 18.6. The molecule has 0 aliphatic rings. The molecule has 6 N–H and O–H groups in total. The van der Waals surface area contributed by atoms with Gasteiger partial charge in [0.1, 0.15) is 0 Å². The van der Waals surface area contributed by atoms with Gasteiger partial charge in [-0.25, -0.2) is 14.4 Å². The van der Waals surface area contributed by atoms with Gasteiger partial charge in [0.05, 0.1) is 79.7 Å². The molecule has 0 aliphatic carbocycles. The maximum atomic E-state index is 13.2. The van der Waals surface area contributed by atoms with Gasteiger partial charge >= 0.3 is 55.2 Å². The predicted molar refractivity (Wildman–Crippen MR) is 181 cm³/mol. The van der Waals surface area contributed by atoms with Crippen molar-refractivity contribution >= 4 is 35.2 Å². The standard InChI is InChI=1S/C34H29F18N7O3/c1-59(5-2-53-26(60)56-23-11-17(29(35,36)37)8-18(12-23)30(38,39)40,6-3-54-27(61)57-24-13-19(31(41,42)43)9-20(14-24)32(44,45)46)7-4-55-28(62)58-25-15-21(33(47,48)49)10-22(16-25)34(50,51)52/h8-16H,2-7H2,1H3,(H5-,53,54,55,56,57,58,60,61,62)/p+1. The van der Waals surface area contributed by atoms with E-state index >= 15 is 0 Å². The van der Waals surface area contributed by atoms with Crippen LogP contribution in [0.25, 0.3) is 0 Å². The molecule has 6 amide bonds. The third-order valence-electron chi connectivity index (χ3n) is 8.35. The quantitative estimate of drug-likeness (QED) is 0.0801. The molecule has 0 atom stereocenters. The lowest BCUT2D eigenvalue weighted by Gasteiger charge is -2.35. The van der Waals surface area contributed by atoms with E-state index in [1.807, 2.05) is 0 Å². The van der Waals surface area contributed by atoms with Crippen molar-refractivity contribution in [1.82, 2.24) is 16.0 Å². The van der Waals surface area contributed by atoms with E-state index < -0.39 is 130 Å². The summed E-state index contributed by atoms with van der Waals surface area (Å²) in [5.41, 5.74) is -13.4. The maximum Gasteiger partial charge on any atom is 0.416 e. The van der Waals surface area contributed by atoms with Crippen molar-refractivity contribution in [2.24, 2.45) is 0 Å². The third kappa shape index (κ3) is 15.6. The number of quaternary nitrogens is 1. The van der Waals surface area contributed by atoms with Crippen LogP contribution in [-0.4, -0.2) is 68.9 Å². The van der Waals surface area contributed by atoms with Crippen LogP contribution in [-0.2, 0) is 37.1 Å². The lowest BCUT2D eigenvalue weighted by molar-refractivity contribution is -0.906. The summed E-state index contributed by atoms with van der Waals surface area (Å²) in [6.45, 7) is -2.33. The first-order valence-electron chi connectivity index (χ1n) is 16.9. The van der Waals surface area contributed by atoms with Gasteiger partial charge in [0.25, 0.3) is 0 Å². The highest BCUT2D eigenvalue weighted by Crippen LogP contribution is 2.40. The summed E-state index contributed by atoms with van der Waals surface area (Å²) in [6.07, 6.45) is -31.6. The molecule has 28 heteroatoms. The number of benzene rings is 3. The summed E-state index contributed by atoms with van der Waals surface area (Å²) in [7, 11) is 1.34. The molecule has 0 bridgehead atoms. The fourth-order valence-corrected chi connectivity index (χ4v) is 5.26. The number of carbonyl (C=O) groups excluding carboxylic acids is 3. The van der Waals surface area contributed by atoms with Gasteiger partial charge in [-0.3, -0.25) is 0 Å². The van der Waals surface area contributed by atoms with Crippen molar-refractivity contribution < 1.29 is 97.9 Å². The number of hydrogen-bond donors (Lipinski definition) is 6. The first-order valence-corrected chi connectivity index (χ1v) is 16.9. The van der Waals surface area contributed by atoms with Gasteiger partial charge < -0.3 is 36.4 Å². The van der Waals surface area contributed by atoms with Crippen molar-refractivity contribution in [1.29, 1.82) is 0 Å². The maximum absolute atomic E-state index is 13.2. The average molecular weight is 927 g/mol. The number of urea groups is 3. The highest BCUT2D eigenvalue weighted by atomic mass is 19.4. The van der Waals surface area contributed by atoms with E-state index in [2.05, 4.69) is 16.0 Å². The fraction of sp³-hybridized carbons (Fsp3) is 0.382. The van der Waals surface area contributed by atoms with E-state index in [1.165, 1.54) is 7.05 Å². The highest BCUT2D eigenvalue weighted by Gasteiger charge is 2.40. The fourth-order valence-electron chi connectivity index (χ4n) is 5.26. The zero-order valence-electron chi connectivity index (χ0n) is 30.9. The van der Waals surface area contributed by atoms with Crippen molar-refractivity contribution in [3.8, 4) is 0 Å². The van der Waals surface area contributed by atoms with Crippen LogP contribution < -0.4 is 31.9 Å². The summed E-state index contributed by atoms with van der Waals surface area (Å²) in [4.78, 5) is 37.5. The largest absolute Gasteiger partial charge is 0.416 e. The number of likely N-dealkylation sites (N-methyl/N-ethyl adjacent to an activating group) is 1. The molecular weight excluding hydrogens is 896 g/mol. The Kier molecular flexibility index (Phi) is 15.2. The smallest absolute Gasteiger partial charge is 0.332 e. The molecule has 344 valence electrons. The molecular formula is C34H30F18N7O3+. The van der Waals surface area contributed by atoms with Crippen LogP contribution in [0.3, 0.4) is 0 Å². The topological polar surface area (TPSA) is 123 Å². The van der Waals surface area contributed by atoms with E-state index in [9.17, 15) is 93.4 Å². The number of amides is 6. The number of nitrogens with one attached hydrogen (secondary N) is 6. The molecule has 0 aliphatic heterocycles. The molecule has 0 heterocycles. The minimum absolute atomic E-state index is 0.201. The van der Waals surface area contributed by atoms with Crippen LogP contribution in [0.5, 0.6) is 0 Å². The number of hydrogen-bond acceptors (Lipinski definition) is 3. The van der Waals surface area contributed by atoms with Crippen LogP contribution in [0, 0.1) is 0 Å². The lowest BCUT2D eigenvalue weighted by Crippen LogP contribution is -2.55. The summed E-state index contributed by atoms with van der Waals surface area (Å²) < 4.78 is 238. The Morgan fingerprint density at radius 1 is 0.371 bits per heavy atom. The molecule has 3 aromatic rings. The molecule has 62 heavy (non-hydrogen) atoms. The molecule has 3 rings (SSSR count). The van der Waals surface area contributed by atoms with Crippen LogP contribution in [0.4, 0.5) is 110 Å². The number of carbonyl (C=O) groups is 3. The van der Waals surface area contributed by atoms with Gasteiger partial charge in [-0.15, -0.1) is 0 Å². The second-order valence-corrected chi connectivity index (χ2v) is 13.3. The first kappa shape index (κ1) is 50.5. The van der Waals surface area contributed by atoms with Crippen molar-refractivity contribution in [2.45, 2.75) is 37.1 Å². The Balaban J connectivity index is 1.76. The Morgan fingerprint density at radius 2 is 0.548 bits per heavy atom. The third-order valence-corrected chi connectivity index (χ3v) is 8.35. The number of alkyl halides is 18. The highest BCUT2D eigenvalue weighted by molar-refractivity contribution is 5.90. The summed E-state index contributed by atoms with van der Waals surface area (Å²) >= 11 is 0. The monoisotopic (exact) mass is 926 g/mol. The van der Waals surface area contributed by atoms with Crippen LogP contribution in [0.15, 0.2) is 54.6 Å². The molecule has 10 nitrogen and oxygen atoms in total. The van der Waals surface area contributed by atoms with Gasteiger partial charge in [0.2, 0.25) is 0 Å². The van der Waals surface area contributed by atoms with Crippen molar-refractivity contribution in [3.63, 3.8) is 0 Å². The molecule has 0 spiro atoms. The van der Waals surface area contributed by atoms with Crippen LogP contribution in [0.1, 0.15) is 33.4 Å². The second-order valence-electron chi connectivity index (χ2n) is 13.3. The number of anilines is 3. The molecule has 0 unspecified atom stereocenters. The zero-order chi connectivity index (χ0) is 47.3. The number of halogens is 18. The van der Waals surface area contributed by atoms with E-state index in [-0.39, 0.29) is 74.2 Å². The molecule has 0 saturated carbocycles. The minimum Gasteiger partial charge on any atom is -0.332 e. The van der Waals surface area contributed by atoms with Crippen molar-refractivity contribution in [2.75, 3.05) is 62.3 Å². The lowest BCUT2D eigenvalue weighted by atomic mass is 10.1. The van der Waals surface area contributed by atoms with Gasteiger partial charge in [-0.2, -0.15) is 79.0 Å². The Hall–Kier alpha value is -5.83. The SMILES string of the molecule is C[N+](CCNC(=O)Nc1cc(C(F)(F)F)cc(C(F)(F)F)c1)(CCNC(=O)Nc1cc(C(F)(F)F)cc(C(F)(F)F)c1)CCNC(=O)Nc1cc(C(F)(F)F)cc(C(F)(F)F)c1. The van der Waals surface area contributed by atoms with Gasteiger partial charge in [-0.05, 0) is 54.6 Å². The summed E-state index contributed by atoms with van der Waals surface area (Å²) in [5.74, 6) is 0. The van der Waals surface area contributed by atoms with Crippen LogP contribution >= 0.6 is 0 Å². The first-order chi connectivity index (χ1) is 28.0. The van der Waals surface area contributed by atoms with E-state index in [0.29, 0.717) is 0 Å². The summed E-state index contributed by atoms with van der Waals surface area (Å²) in [6, 6.07) is -3.39. The molecule has 0 fully saturated rings. The van der Waals surface area contributed by atoms with Gasteiger partial charge in [0.15, 0.2) is 0 Å². The Labute approximate surface area is 336 Å². The Morgan fingerprint density at radius 3 is 0.710 bits per heavy atom. The van der Waals surface area contributed by atoms with Crippen molar-refractivity contribution in [3.05, 3.63) is 88.0 Å².